The van der Waals surface area contributed by atoms with Gasteiger partial charge in [-0.3, -0.25) is 0 Å². The third-order valence-corrected chi connectivity index (χ3v) is 3.17. The zero-order valence-corrected chi connectivity index (χ0v) is 10.00. The van der Waals surface area contributed by atoms with Crippen LogP contribution in [0.1, 0.15) is 0 Å². The Kier molecular flexibility index (Phi) is 2.65. The number of anilines is 1. The first-order chi connectivity index (χ1) is 8.34. The van der Waals surface area contributed by atoms with Crippen molar-refractivity contribution in [1.82, 2.24) is 0 Å². The van der Waals surface area contributed by atoms with E-state index in [1.807, 2.05) is 36.4 Å². The van der Waals surface area contributed by atoms with Gasteiger partial charge in [-0.2, -0.15) is 0 Å². The molecule has 2 aromatic carbocycles. The van der Waals surface area contributed by atoms with Crippen LogP contribution in [0, 0.1) is 0 Å². The number of halogens is 1. The highest BCUT2D eigenvalue weighted by atomic mass is 35.5. The molecule has 1 heterocycles. The fourth-order valence-corrected chi connectivity index (χ4v) is 2.24. The van der Waals surface area contributed by atoms with Crippen molar-refractivity contribution in [2.75, 3.05) is 18.5 Å². The molecule has 0 bridgehead atoms. The minimum atomic E-state index is 0.707. The van der Waals surface area contributed by atoms with Crippen LogP contribution in [0.15, 0.2) is 42.5 Å². The maximum absolute atomic E-state index is 6.19. The van der Waals surface area contributed by atoms with Crippen LogP contribution >= 0.6 is 11.6 Å². The van der Waals surface area contributed by atoms with Gasteiger partial charge in [-0.25, -0.2) is 0 Å². The smallest absolute Gasteiger partial charge is 0.143 e. The summed E-state index contributed by atoms with van der Waals surface area (Å²) in [6, 6.07) is 14.0. The van der Waals surface area contributed by atoms with E-state index < -0.39 is 0 Å². The molecule has 3 rings (SSSR count). The van der Waals surface area contributed by atoms with Gasteiger partial charge in [0.15, 0.2) is 0 Å². The number of rotatable bonds is 1. The van der Waals surface area contributed by atoms with Gasteiger partial charge in [-0.1, -0.05) is 35.9 Å². The SMILES string of the molecule is Clc1ccccc1-c1ccc2c(c1)OCCN2. The largest absolute Gasteiger partial charge is 0.490 e. The Labute approximate surface area is 105 Å². The normalized spacial score (nSPS) is 13.5. The van der Waals surface area contributed by atoms with Crippen LogP contribution < -0.4 is 10.1 Å². The van der Waals surface area contributed by atoms with Crippen molar-refractivity contribution in [3.8, 4) is 16.9 Å². The minimum Gasteiger partial charge on any atom is -0.490 e. The van der Waals surface area contributed by atoms with Crippen molar-refractivity contribution >= 4 is 17.3 Å². The van der Waals surface area contributed by atoms with E-state index in [4.69, 9.17) is 16.3 Å². The van der Waals surface area contributed by atoms with Crippen LogP contribution in [0.25, 0.3) is 11.1 Å². The highest BCUT2D eigenvalue weighted by Crippen LogP contribution is 2.35. The lowest BCUT2D eigenvalue weighted by Crippen LogP contribution is -2.17. The Morgan fingerprint density at radius 1 is 1.12 bits per heavy atom. The number of hydrogen-bond acceptors (Lipinski definition) is 2. The second-order valence-electron chi connectivity index (χ2n) is 3.97. The van der Waals surface area contributed by atoms with Crippen molar-refractivity contribution in [1.29, 1.82) is 0 Å². The summed E-state index contributed by atoms with van der Waals surface area (Å²) in [5.74, 6) is 0.897. The summed E-state index contributed by atoms with van der Waals surface area (Å²) in [6.45, 7) is 1.57. The lowest BCUT2D eigenvalue weighted by Gasteiger charge is -2.19. The van der Waals surface area contributed by atoms with Gasteiger partial charge in [0.25, 0.3) is 0 Å². The first-order valence-electron chi connectivity index (χ1n) is 5.60. The molecule has 0 aromatic heterocycles. The quantitative estimate of drug-likeness (QED) is 0.825. The number of benzene rings is 2. The molecule has 2 nitrogen and oxygen atoms in total. The number of ether oxygens (including phenoxy) is 1. The van der Waals surface area contributed by atoms with E-state index in [-0.39, 0.29) is 0 Å². The molecule has 0 unspecified atom stereocenters. The monoisotopic (exact) mass is 245 g/mol. The predicted octanol–water partition coefficient (Wildman–Crippen LogP) is 3.81. The minimum absolute atomic E-state index is 0.707. The van der Waals surface area contributed by atoms with E-state index >= 15 is 0 Å². The van der Waals surface area contributed by atoms with Crippen molar-refractivity contribution in [2.45, 2.75) is 0 Å². The second-order valence-corrected chi connectivity index (χ2v) is 4.37. The number of fused-ring (bicyclic) bond motifs is 1. The van der Waals surface area contributed by atoms with Crippen molar-refractivity contribution in [2.24, 2.45) is 0 Å². The summed E-state index contributed by atoms with van der Waals surface area (Å²) in [7, 11) is 0. The molecule has 0 amide bonds. The van der Waals surface area contributed by atoms with E-state index in [1.165, 1.54) is 0 Å². The predicted molar refractivity (Wildman–Crippen MR) is 70.9 cm³/mol. The molecule has 17 heavy (non-hydrogen) atoms. The molecule has 0 radical (unpaired) electrons. The standard InChI is InChI=1S/C14H12ClNO/c15-12-4-2-1-3-11(12)10-5-6-13-14(9-10)17-8-7-16-13/h1-6,9,16H,7-8H2. The van der Waals surface area contributed by atoms with E-state index in [1.54, 1.807) is 0 Å². The Morgan fingerprint density at radius 3 is 2.88 bits per heavy atom. The van der Waals surface area contributed by atoms with Crippen LogP contribution in [0.5, 0.6) is 5.75 Å². The maximum atomic E-state index is 6.19. The average molecular weight is 246 g/mol. The van der Waals surface area contributed by atoms with Gasteiger partial charge in [0.05, 0.1) is 5.69 Å². The molecule has 0 aliphatic carbocycles. The summed E-state index contributed by atoms with van der Waals surface area (Å²) in [6.07, 6.45) is 0. The maximum Gasteiger partial charge on any atom is 0.143 e. The molecule has 0 saturated heterocycles. The summed E-state index contributed by atoms with van der Waals surface area (Å²) in [5, 5.41) is 4.06. The third kappa shape index (κ3) is 1.96. The summed E-state index contributed by atoms with van der Waals surface area (Å²) in [4.78, 5) is 0. The third-order valence-electron chi connectivity index (χ3n) is 2.84. The molecule has 0 spiro atoms. The van der Waals surface area contributed by atoms with Gasteiger partial charge in [0.2, 0.25) is 0 Å². The highest BCUT2D eigenvalue weighted by Gasteiger charge is 2.11. The Bertz CT molecular complexity index is 554. The zero-order chi connectivity index (χ0) is 11.7. The fraction of sp³-hybridized carbons (Fsp3) is 0.143. The summed E-state index contributed by atoms with van der Waals surface area (Å²) in [5.41, 5.74) is 3.16. The molecule has 0 saturated carbocycles. The number of nitrogens with one attached hydrogen (secondary N) is 1. The van der Waals surface area contributed by atoms with Gasteiger partial charge >= 0.3 is 0 Å². The van der Waals surface area contributed by atoms with Crippen molar-refractivity contribution < 1.29 is 4.74 Å². The van der Waals surface area contributed by atoms with Gasteiger partial charge in [0.1, 0.15) is 12.4 Å². The molecule has 86 valence electrons. The molecular formula is C14H12ClNO. The van der Waals surface area contributed by atoms with E-state index in [0.29, 0.717) is 6.61 Å². The van der Waals surface area contributed by atoms with Gasteiger partial charge in [-0.05, 0) is 23.8 Å². The summed E-state index contributed by atoms with van der Waals surface area (Å²) < 4.78 is 5.62. The summed E-state index contributed by atoms with van der Waals surface area (Å²) >= 11 is 6.19. The van der Waals surface area contributed by atoms with Gasteiger partial charge in [-0.15, -0.1) is 0 Å². The lowest BCUT2D eigenvalue weighted by atomic mass is 10.0. The van der Waals surface area contributed by atoms with Crippen LogP contribution in [0.3, 0.4) is 0 Å². The molecule has 3 heteroatoms. The molecular weight excluding hydrogens is 234 g/mol. The Balaban J connectivity index is 2.07. The van der Waals surface area contributed by atoms with E-state index in [0.717, 1.165) is 34.1 Å². The first-order valence-corrected chi connectivity index (χ1v) is 5.98. The van der Waals surface area contributed by atoms with Crippen LogP contribution in [-0.4, -0.2) is 13.2 Å². The fourth-order valence-electron chi connectivity index (χ4n) is 2.00. The van der Waals surface area contributed by atoms with Crippen molar-refractivity contribution in [3.63, 3.8) is 0 Å². The Morgan fingerprint density at radius 2 is 2.00 bits per heavy atom. The lowest BCUT2D eigenvalue weighted by molar-refractivity contribution is 0.323. The molecule has 1 aliphatic rings. The molecule has 1 N–H and O–H groups in total. The molecule has 1 aliphatic heterocycles. The van der Waals surface area contributed by atoms with E-state index in [9.17, 15) is 0 Å². The van der Waals surface area contributed by atoms with Crippen molar-refractivity contribution in [3.05, 3.63) is 47.5 Å². The van der Waals surface area contributed by atoms with Gasteiger partial charge in [0, 0.05) is 17.1 Å². The molecule has 0 fully saturated rings. The average Bonchev–Trinajstić information content (AvgIpc) is 2.39. The molecule has 2 aromatic rings. The zero-order valence-electron chi connectivity index (χ0n) is 9.24. The van der Waals surface area contributed by atoms with Crippen LogP contribution in [0.2, 0.25) is 5.02 Å². The Hall–Kier alpha value is -1.67. The highest BCUT2D eigenvalue weighted by molar-refractivity contribution is 6.33. The van der Waals surface area contributed by atoms with Crippen LogP contribution in [0.4, 0.5) is 5.69 Å². The van der Waals surface area contributed by atoms with E-state index in [2.05, 4.69) is 11.4 Å². The van der Waals surface area contributed by atoms with Gasteiger partial charge < -0.3 is 10.1 Å². The topological polar surface area (TPSA) is 21.3 Å². The first kappa shape index (κ1) is 10.5. The molecule has 0 atom stereocenters. The van der Waals surface area contributed by atoms with Crippen LogP contribution in [-0.2, 0) is 0 Å². The number of hydrogen-bond donors (Lipinski definition) is 1. The second kappa shape index (κ2) is 4.30.